The average Bonchev–Trinajstić information content (AvgIpc) is 2.88. The van der Waals surface area contributed by atoms with Gasteiger partial charge in [0.2, 0.25) is 0 Å². The Hall–Kier alpha value is -1.40. The molecule has 2 heterocycles. The summed E-state index contributed by atoms with van der Waals surface area (Å²) < 4.78 is 10.6. The average molecular weight is 283 g/mol. The number of morpholine rings is 1. The third kappa shape index (κ3) is 3.78. The van der Waals surface area contributed by atoms with Crippen LogP contribution in [0.1, 0.15) is 23.5 Å². The third-order valence-corrected chi connectivity index (χ3v) is 3.67. The molecule has 0 spiro atoms. The maximum Gasteiger partial charge on any atom is 0.348 e. The van der Waals surface area contributed by atoms with Crippen molar-refractivity contribution in [2.45, 2.75) is 26.1 Å². The monoisotopic (exact) mass is 283 g/mol. The first-order chi connectivity index (χ1) is 9.06. The van der Waals surface area contributed by atoms with E-state index in [-0.39, 0.29) is 24.7 Å². The van der Waals surface area contributed by atoms with Gasteiger partial charge in [-0.2, -0.15) is 0 Å². The van der Waals surface area contributed by atoms with Gasteiger partial charge in [-0.1, -0.05) is 6.07 Å². The molecular formula is C13H17NO4S. The van der Waals surface area contributed by atoms with E-state index in [1.165, 1.54) is 11.3 Å². The van der Waals surface area contributed by atoms with Crippen LogP contribution in [0.4, 0.5) is 0 Å². The summed E-state index contributed by atoms with van der Waals surface area (Å²) in [4.78, 5) is 25.8. The summed E-state index contributed by atoms with van der Waals surface area (Å²) in [7, 11) is 0. The second kappa shape index (κ2) is 6.16. The second-order valence-electron chi connectivity index (χ2n) is 4.61. The number of amides is 1. The molecule has 1 fully saturated rings. The summed E-state index contributed by atoms with van der Waals surface area (Å²) >= 11 is 1.30. The molecule has 1 aliphatic heterocycles. The zero-order valence-electron chi connectivity index (χ0n) is 11.0. The number of ether oxygens (including phenoxy) is 2. The molecule has 1 saturated heterocycles. The van der Waals surface area contributed by atoms with Gasteiger partial charge < -0.3 is 14.4 Å². The van der Waals surface area contributed by atoms with Crippen molar-refractivity contribution in [3.05, 3.63) is 22.4 Å². The van der Waals surface area contributed by atoms with Crippen LogP contribution in [-0.4, -0.2) is 48.7 Å². The van der Waals surface area contributed by atoms with Crippen LogP contribution in [0.5, 0.6) is 0 Å². The molecule has 0 aromatic carbocycles. The number of rotatable bonds is 3. The standard InChI is InChI=1S/C13H17NO4S/c1-9-6-14(7-10(2)18-9)12(15)8-17-13(16)11-4-3-5-19-11/h3-5,9-10H,6-8H2,1-2H3/t9-,10+. The van der Waals surface area contributed by atoms with Crippen LogP contribution in [0.2, 0.25) is 0 Å². The molecule has 19 heavy (non-hydrogen) atoms. The highest BCUT2D eigenvalue weighted by molar-refractivity contribution is 7.11. The molecule has 0 saturated carbocycles. The topological polar surface area (TPSA) is 55.8 Å². The van der Waals surface area contributed by atoms with Gasteiger partial charge in [0.1, 0.15) is 4.88 Å². The van der Waals surface area contributed by atoms with Gasteiger partial charge in [-0.05, 0) is 25.3 Å². The molecule has 1 amide bonds. The number of carbonyl (C=O) groups is 2. The first kappa shape index (κ1) is 14.0. The van der Waals surface area contributed by atoms with Gasteiger partial charge in [-0.25, -0.2) is 4.79 Å². The van der Waals surface area contributed by atoms with E-state index in [0.29, 0.717) is 18.0 Å². The van der Waals surface area contributed by atoms with Crippen molar-refractivity contribution in [1.82, 2.24) is 4.90 Å². The normalized spacial score (nSPS) is 23.2. The minimum Gasteiger partial charge on any atom is -0.451 e. The largest absolute Gasteiger partial charge is 0.451 e. The fourth-order valence-electron chi connectivity index (χ4n) is 2.07. The molecule has 2 rings (SSSR count). The van der Waals surface area contributed by atoms with Gasteiger partial charge in [0.15, 0.2) is 6.61 Å². The predicted octanol–water partition coefficient (Wildman–Crippen LogP) is 1.54. The Morgan fingerprint density at radius 1 is 1.42 bits per heavy atom. The highest BCUT2D eigenvalue weighted by atomic mass is 32.1. The maximum absolute atomic E-state index is 12.0. The third-order valence-electron chi connectivity index (χ3n) is 2.82. The van der Waals surface area contributed by atoms with E-state index in [1.807, 2.05) is 13.8 Å². The molecule has 2 atom stereocenters. The molecule has 1 aromatic rings. The van der Waals surface area contributed by atoms with E-state index in [4.69, 9.17) is 9.47 Å². The van der Waals surface area contributed by atoms with Crippen LogP contribution in [0.25, 0.3) is 0 Å². The van der Waals surface area contributed by atoms with Crippen molar-refractivity contribution in [2.75, 3.05) is 19.7 Å². The quantitative estimate of drug-likeness (QED) is 0.790. The van der Waals surface area contributed by atoms with Crippen LogP contribution >= 0.6 is 11.3 Å². The van der Waals surface area contributed by atoms with Crippen LogP contribution in [0.15, 0.2) is 17.5 Å². The molecular weight excluding hydrogens is 266 g/mol. The van der Waals surface area contributed by atoms with E-state index < -0.39 is 5.97 Å². The zero-order valence-corrected chi connectivity index (χ0v) is 11.8. The van der Waals surface area contributed by atoms with E-state index in [9.17, 15) is 9.59 Å². The minimum atomic E-state index is -0.447. The molecule has 1 aromatic heterocycles. The van der Waals surface area contributed by atoms with Gasteiger partial charge >= 0.3 is 5.97 Å². The summed E-state index contributed by atoms with van der Waals surface area (Å²) in [6.45, 7) is 4.72. The molecule has 6 heteroatoms. The molecule has 0 unspecified atom stereocenters. The Kier molecular flexibility index (Phi) is 4.55. The lowest BCUT2D eigenvalue weighted by atomic mass is 10.2. The molecule has 0 radical (unpaired) electrons. The summed E-state index contributed by atoms with van der Waals surface area (Å²) in [5.41, 5.74) is 0. The van der Waals surface area contributed by atoms with Gasteiger partial charge in [0, 0.05) is 13.1 Å². The first-order valence-electron chi connectivity index (χ1n) is 6.20. The second-order valence-corrected chi connectivity index (χ2v) is 5.56. The van der Waals surface area contributed by atoms with Crippen molar-refractivity contribution < 1.29 is 19.1 Å². The van der Waals surface area contributed by atoms with Gasteiger partial charge in [-0.15, -0.1) is 11.3 Å². The van der Waals surface area contributed by atoms with Crippen LogP contribution in [0, 0.1) is 0 Å². The van der Waals surface area contributed by atoms with Crippen molar-refractivity contribution in [3.8, 4) is 0 Å². The van der Waals surface area contributed by atoms with Gasteiger partial charge in [-0.3, -0.25) is 4.79 Å². The van der Waals surface area contributed by atoms with Crippen LogP contribution < -0.4 is 0 Å². The fourth-order valence-corrected chi connectivity index (χ4v) is 2.68. The number of hydrogen-bond donors (Lipinski definition) is 0. The number of thiophene rings is 1. The summed E-state index contributed by atoms with van der Waals surface area (Å²) in [6.07, 6.45) is 0.0291. The molecule has 5 nitrogen and oxygen atoms in total. The molecule has 0 aliphatic carbocycles. The number of carbonyl (C=O) groups excluding carboxylic acids is 2. The Labute approximate surface area is 116 Å². The van der Waals surface area contributed by atoms with E-state index in [1.54, 1.807) is 22.4 Å². The van der Waals surface area contributed by atoms with Crippen molar-refractivity contribution >= 4 is 23.2 Å². The molecule has 0 N–H and O–H groups in total. The van der Waals surface area contributed by atoms with Crippen molar-refractivity contribution in [3.63, 3.8) is 0 Å². The van der Waals surface area contributed by atoms with Gasteiger partial charge in [0.05, 0.1) is 12.2 Å². The zero-order chi connectivity index (χ0) is 13.8. The van der Waals surface area contributed by atoms with Crippen LogP contribution in [-0.2, 0) is 14.3 Å². The highest BCUT2D eigenvalue weighted by Crippen LogP contribution is 2.12. The van der Waals surface area contributed by atoms with E-state index >= 15 is 0 Å². The maximum atomic E-state index is 12.0. The Morgan fingerprint density at radius 2 is 2.11 bits per heavy atom. The van der Waals surface area contributed by atoms with Crippen LogP contribution in [0.3, 0.4) is 0 Å². The highest BCUT2D eigenvalue weighted by Gasteiger charge is 2.26. The Balaban J connectivity index is 1.82. The number of esters is 1. The Morgan fingerprint density at radius 3 is 2.68 bits per heavy atom. The van der Waals surface area contributed by atoms with Gasteiger partial charge in [0.25, 0.3) is 5.91 Å². The predicted molar refractivity (Wildman–Crippen MR) is 71.2 cm³/mol. The van der Waals surface area contributed by atoms with E-state index in [0.717, 1.165) is 0 Å². The smallest absolute Gasteiger partial charge is 0.348 e. The fraction of sp³-hybridized carbons (Fsp3) is 0.538. The van der Waals surface area contributed by atoms with Crippen molar-refractivity contribution in [1.29, 1.82) is 0 Å². The molecule has 1 aliphatic rings. The lowest BCUT2D eigenvalue weighted by Crippen LogP contribution is -2.49. The lowest BCUT2D eigenvalue weighted by Gasteiger charge is -2.35. The SMILES string of the molecule is C[C@@H]1CN(C(=O)COC(=O)c2cccs2)C[C@H](C)O1. The summed E-state index contributed by atoms with van der Waals surface area (Å²) in [6, 6.07) is 3.45. The lowest BCUT2D eigenvalue weighted by molar-refractivity contribution is -0.146. The van der Waals surface area contributed by atoms with Crippen molar-refractivity contribution in [2.24, 2.45) is 0 Å². The first-order valence-corrected chi connectivity index (χ1v) is 7.08. The number of hydrogen-bond acceptors (Lipinski definition) is 5. The van der Waals surface area contributed by atoms with E-state index in [2.05, 4.69) is 0 Å². The minimum absolute atomic E-state index is 0.0145. The Bertz CT molecular complexity index is 436. The molecule has 0 bridgehead atoms. The summed E-state index contributed by atoms with van der Waals surface area (Å²) in [5, 5.41) is 1.80. The number of nitrogens with zero attached hydrogens (tertiary/aromatic N) is 1. The molecule has 104 valence electrons. The summed E-state index contributed by atoms with van der Waals surface area (Å²) in [5.74, 6) is -0.621.